The zero-order chi connectivity index (χ0) is 15.6. The van der Waals surface area contributed by atoms with Crippen molar-refractivity contribution in [3.63, 3.8) is 0 Å². The summed E-state index contributed by atoms with van der Waals surface area (Å²) < 4.78 is 35.2. The molecule has 0 spiro atoms. The molecule has 2 rings (SSSR count). The van der Waals surface area contributed by atoms with Gasteiger partial charge < -0.3 is 10.1 Å². The van der Waals surface area contributed by atoms with Crippen LogP contribution in [0.5, 0.6) is 5.75 Å². The smallest absolute Gasteiger partial charge is 0.134 e. The summed E-state index contributed by atoms with van der Waals surface area (Å²) in [6.45, 7) is 2.48. The molecule has 1 aromatic heterocycles. The number of hydrogen-bond donors (Lipinski definition) is 1. The van der Waals surface area contributed by atoms with Crippen LogP contribution in [0.15, 0.2) is 26.5 Å². The molecule has 21 heavy (non-hydrogen) atoms. The fraction of sp³-hybridized carbons (Fsp3) is 0.286. The summed E-state index contributed by atoms with van der Waals surface area (Å²) in [5.74, 6) is -1.09. The fourth-order valence-electron chi connectivity index (χ4n) is 2.01. The predicted molar refractivity (Wildman–Crippen MR) is 88.1 cm³/mol. The molecule has 1 heterocycles. The van der Waals surface area contributed by atoms with E-state index in [2.05, 4.69) is 37.2 Å². The molecular formula is C14H13Br2F2NOS. The van der Waals surface area contributed by atoms with E-state index in [1.807, 2.05) is 13.0 Å². The molecule has 0 saturated heterocycles. The van der Waals surface area contributed by atoms with Gasteiger partial charge in [-0.2, -0.15) is 0 Å². The van der Waals surface area contributed by atoms with E-state index in [0.29, 0.717) is 6.54 Å². The second-order valence-electron chi connectivity index (χ2n) is 4.27. The maximum atomic E-state index is 14.3. The zero-order valence-electron chi connectivity index (χ0n) is 11.3. The van der Waals surface area contributed by atoms with Crippen molar-refractivity contribution in [1.29, 1.82) is 0 Å². The summed E-state index contributed by atoms with van der Waals surface area (Å²) in [5, 5.41) is 3.12. The SMILES string of the molecule is CCNC(c1cc(Br)c(Br)s1)c1c(F)cc(OC)cc1F. The molecule has 0 aliphatic heterocycles. The molecule has 1 N–H and O–H groups in total. The monoisotopic (exact) mass is 439 g/mol. The summed E-state index contributed by atoms with van der Waals surface area (Å²) >= 11 is 8.23. The van der Waals surface area contributed by atoms with Crippen LogP contribution in [0.2, 0.25) is 0 Å². The van der Waals surface area contributed by atoms with Gasteiger partial charge in [-0.15, -0.1) is 11.3 Å². The lowest BCUT2D eigenvalue weighted by Crippen LogP contribution is -2.23. The maximum Gasteiger partial charge on any atom is 0.134 e. The van der Waals surface area contributed by atoms with Crippen LogP contribution in [0.3, 0.4) is 0 Å². The molecule has 1 unspecified atom stereocenters. The minimum absolute atomic E-state index is 0.00102. The third-order valence-electron chi connectivity index (χ3n) is 2.93. The van der Waals surface area contributed by atoms with Gasteiger partial charge in [-0.3, -0.25) is 0 Å². The van der Waals surface area contributed by atoms with Crippen LogP contribution < -0.4 is 10.1 Å². The number of rotatable bonds is 5. The summed E-state index contributed by atoms with van der Waals surface area (Å²) in [4.78, 5) is 0.818. The Labute approximate surface area is 142 Å². The van der Waals surface area contributed by atoms with Gasteiger partial charge in [0.1, 0.15) is 17.4 Å². The van der Waals surface area contributed by atoms with Crippen LogP contribution in [0.1, 0.15) is 23.4 Å². The van der Waals surface area contributed by atoms with Crippen molar-refractivity contribution in [1.82, 2.24) is 5.32 Å². The van der Waals surface area contributed by atoms with Crippen molar-refractivity contribution in [2.24, 2.45) is 0 Å². The predicted octanol–water partition coefficient (Wildman–Crippen LogP) is 5.26. The van der Waals surface area contributed by atoms with Crippen molar-refractivity contribution < 1.29 is 13.5 Å². The van der Waals surface area contributed by atoms with Crippen molar-refractivity contribution >= 4 is 43.2 Å². The Hall–Kier alpha value is -0.500. The highest BCUT2D eigenvalue weighted by atomic mass is 79.9. The Kier molecular flexibility index (Phi) is 5.76. The lowest BCUT2D eigenvalue weighted by molar-refractivity contribution is 0.403. The number of benzene rings is 1. The molecule has 2 nitrogen and oxygen atoms in total. The zero-order valence-corrected chi connectivity index (χ0v) is 15.3. The Bertz CT molecular complexity index is 605. The van der Waals surface area contributed by atoms with Crippen molar-refractivity contribution in [2.75, 3.05) is 13.7 Å². The topological polar surface area (TPSA) is 21.3 Å². The Morgan fingerprint density at radius 3 is 2.29 bits per heavy atom. The second-order valence-corrected chi connectivity index (χ2v) is 7.52. The van der Waals surface area contributed by atoms with Crippen LogP contribution in [0.25, 0.3) is 0 Å². The van der Waals surface area contributed by atoms with E-state index < -0.39 is 17.7 Å². The molecule has 7 heteroatoms. The van der Waals surface area contributed by atoms with Crippen LogP contribution >= 0.6 is 43.2 Å². The Morgan fingerprint density at radius 2 is 1.86 bits per heavy atom. The number of thiophene rings is 1. The van der Waals surface area contributed by atoms with Crippen LogP contribution in [-0.4, -0.2) is 13.7 Å². The lowest BCUT2D eigenvalue weighted by Gasteiger charge is -2.19. The third-order valence-corrected chi connectivity index (χ3v) is 6.26. The average molecular weight is 441 g/mol. The number of nitrogens with one attached hydrogen (secondary N) is 1. The van der Waals surface area contributed by atoms with Gasteiger partial charge >= 0.3 is 0 Å². The minimum atomic E-state index is -0.626. The van der Waals surface area contributed by atoms with Gasteiger partial charge in [0, 0.05) is 27.0 Å². The molecule has 0 amide bonds. The van der Waals surface area contributed by atoms with Crippen LogP contribution in [-0.2, 0) is 0 Å². The van der Waals surface area contributed by atoms with E-state index in [9.17, 15) is 8.78 Å². The molecule has 0 bridgehead atoms. The molecule has 0 fully saturated rings. The first kappa shape index (κ1) is 16.9. The molecule has 1 aromatic carbocycles. The Morgan fingerprint density at radius 1 is 1.24 bits per heavy atom. The van der Waals surface area contributed by atoms with Gasteiger partial charge in [0.05, 0.1) is 16.9 Å². The van der Waals surface area contributed by atoms with E-state index in [0.717, 1.165) is 13.1 Å². The quantitative estimate of drug-likeness (QED) is 0.684. The van der Waals surface area contributed by atoms with Gasteiger partial charge in [0.2, 0.25) is 0 Å². The molecule has 0 aliphatic carbocycles. The largest absolute Gasteiger partial charge is 0.497 e. The Balaban J connectivity index is 2.52. The summed E-state index contributed by atoms with van der Waals surface area (Å²) in [7, 11) is 1.38. The minimum Gasteiger partial charge on any atom is -0.497 e. The second kappa shape index (κ2) is 7.17. The summed E-state index contributed by atoms with van der Waals surface area (Å²) in [5.41, 5.74) is -0.00102. The fourth-order valence-corrected chi connectivity index (χ4v) is 4.18. The maximum absolute atomic E-state index is 14.3. The molecule has 0 saturated carbocycles. The van der Waals surface area contributed by atoms with Crippen LogP contribution in [0.4, 0.5) is 8.78 Å². The van der Waals surface area contributed by atoms with Crippen molar-refractivity contribution in [3.05, 3.63) is 48.5 Å². The van der Waals surface area contributed by atoms with Gasteiger partial charge in [-0.25, -0.2) is 8.78 Å². The number of methoxy groups -OCH3 is 1. The molecule has 1 atom stereocenters. The average Bonchev–Trinajstić information content (AvgIpc) is 2.76. The standard InChI is InChI=1S/C14H13Br2F2NOS/c1-3-19-13(11-6-8(15)14(16)21-11)12-9(17)4-7(20-2)5-10(12)18/h4-6,13,19H,3H2,1-2H3. The van der Waals surface area contributed by atoms with E-state index in [-0.39, 0.29) is 11.3 Å². The highest BCUT2D eigenvalue weighted by molar-refractivity contribution is 9.13. The van der Waals surface area contributed by atoms with E-state index in [1.165, 1.54) is 30.6 Å². The molecular weight excluding hydrogens is 428 g/mol. The first-order valence-electron chi connectivity index (χ1n) is 6.19. The van der Waals surface area contributed by atoms with Gasteiger partial charge in [-0.05, 0) is 44.5 Å². The van der Waals surface area contributed by atoms with E-state index >= 15 is 0 Å². The van der Waals surface area contributed by atoms with Gasteiger partial charge in [0.15, 0.2) is 0 Å². The van der Waals surface area contributed by atoms with Crippen molar-refractivity contribution in [3.8, 4) is 5.75 Å². The normalized spacial score (nSPS) is 12.5. The molecule has 0 radical (unpaired) electrons. The molecule has 0 aliphatic rings. The summed E-state index contributed by atoms with van der Waals surface area (Å²) in [6.07, 6.45) is 0. The first-order chi connectivity index (χ1) is 9.97. The van der Waals surface area contributed by atoms with Gasteiger partial charge in [-0.1, -0.05) is 6.92 Å². The third kappa shape index (κ3) is 3.64. The number of halogens is 4. The van der Waals surface area contributed by atoms with Crippen LogP contribution in [0, 0.1) is 11.6 Å². The molecule has 2 aromatic rings. The summed E-state index contributed by atoms with van der Waals surface area (Å²) in [6, 6.07) is 3.69. The van der Waals surface area contributed by atoms with E-state index in [4.69, 9.17) is 4.74 Å². The highest BCUT2D eigenvalue weighted by Crippen LogP contribution is 2.39. The van der Waals surface area contributed by atoms with Crippen molar-refractivity contribution in [2.45, 2.75) is 13.0 Å². The molecule has 114 valence electrons. The number of hydrogen-bond acceptors (Lipinski definition) is 3. The van der Waals surface area contributed by atoms with Gasteiger partial charge in [0.25, 0.3) is 0 Å². The first-order valence-corrected chi connectivity index (χ1v) is 8.59. The highest BCUT2D eigenvalue weighted by Gasteiger charge is 2.24. The number of ether oxygens (including phenoxy) is 1. The van der Waals surface area contributed by atoms with E-state index in [1.54, 1.807) is 0 Å². The lowest BCUT2D eigenvalue weighted by atomic mass is 10.0.